The number of rotatable bonds is 6. The summed E-state index contributed by atoms with van der Waals surface area (Å²) >= 11 is 0. The standard InChI is InChI=1S/C24H22N4O3/c1-16-21-13-18(15-25-24(21)28(27-16)19-7-5-4-6-8-19)26-23(29)12-10-17-9-11-20(30-2)14-22(17)31-3/h4-15H,1-3H3,(H,26,29)/b12-10+. The summed E-state index contributed by atoms with van der Waals surface area (Å²) in [5, 5.41) is 8.32. The van der Waals surface area contributed by atoms with Crippen LogP contribution in [-0.2, 0) is 4.79 Å². The highest BCUT2D eigenvalue weighted by atomic mass is 16.5. The molecule has 1 N–H and O–H groups in total. The lowest BCUT2D eigenvalue weighted by Gasteiger charge is -2.07. The van der Waals surface area contributed by atoms with Crippen LogP contribution in [0.5, 0.6) is 11.5 Å². The van der Waals surface area contributed by atoms with E-state index in [0.29, 0.717) is 17.2 Å². The quantitative estimate of drug-likeness (QED) is 0.473. The maximum absolute atomic E-state index is 12.4. The Balaban J connectivity index is 1.54. The van der Waals surface area contributed by atoms with Crippen LogP contribution in [-0.4, -0.2) is 34.9 Å². The molecule has 0 aliphatic carbocycles. The van der Waals surface area contributed by atoms with E-state index in [1.54, 1.807) is 37.2 Å². The number of hydrogen-bond donors (Lipinski definition) is 1. The number of nitrogens with one attached hydrogen (secondary N) is 1. The summed E-state index contributed by atoms with van der Waals surface area (Å²) in [5.74, 6) is 1.03. The Morgan fingerprint density at radius 2 is 1.87 bits per heavy atom. The number of amides is 1. The molecule has 0 unspecified atom stereocenters. The molecular formula is C24H22N4O3. The maximum atomic E-state index is 12.4. The van der Waals surface area contributed by atoms with Crippen molar-refractivity contribution in [3.05, 3.63) is 78.1 Å². The Morgan fingerprint density at radius 1 is 1.06 bits per heavy atom. The second-order valence-electron chi connectivity index (χ2n) is 6.86. The molecule has 0 aliphatic heterocycles. The highest BCUT2D eigenvalue weighted by Gasteiger charge is 2.12. The summed E-state index contributed by atoms with van der Waals surface area (Å²) in [6.45, 7) is 1.92. The van der Waals surface area contributed by atoms with E-state index >= 15 is 0 Å². The number of methoxy groups -OCH3 is 2. The Morgan fingerprint density at radius 3 is 2.61 bits per heavy atom. The van der Waals surface area contributed by atoms with E-state index in [1.165, 1.54) is 6.08 Å². The minimum atomic E-state index is -0.271. The van der Waals surface area contributed by atoms with E-state index in [2.05, 4.69) is 15.4 Å². The molecule has 156 valence electrons. The molecule has 0 aliphatic rings. The number of aryl methyl sites for hydroxylation is 1. The molecule has 2 aromatic heterocycles. The van der Waals surface area contributed by atoms with Gasteiger partial charge in [-0.3, -0.25) is 4.79 Å². The third kappa shape index (κ3) is 4.25. The van der Waals surface area contributed by atoms with E-state index in [1.807, 2.05) is 55.5 Å². The SMILES string of the molecule is COc1ccc(/C=C/C(=O)Nc2cnc3c(c2)c(C)nn3-c2ccccc2)c(OC)c1. The van der Waals surface area contributed by atoms with Crippen molar-refractivity contribution < 1.29 is 14.3 Å². The summed E-state index contributed by atoms with van der Waals surface area (Å²) in [6.07, 6.45) is 4.77. The summed E-state index contributed by atoms with van der Waals surface area (Å²) in [4.78, 5) is 17.0. The fraction of sp³-hybridized carbons (Fsp3) is 0.125. The van der Waals surface area contributed by atoms with Gasteiger partial charge in [-0.2, -0.15) is 5.10 Å². The number of pyridine rings is 1. The highest BCUT2D eigenvalue weighted by Crippen LogP contribution is 2.26. The second kappa shape index (κ2) is 8.71. The van der Waals surface area contributed by atoms with Gasteiger partial charge in [0.15, 0.2) is 5.65 Å². The van der Waals surface area contributed by atoms with Crippen LogP contribution in [0, 0.1) is 6.92 Å². The van der Waals surface area contributed by atoms with E-state index in [0.717, 1.165) is 28.0 Å². The molecule has 7 nitrogen and oxygen atoms in total. The Kier molecular flexibility index (Phi) is 5.66. The normalized spacial score (nSPS) is 11.1. The topological polar surface area (TPSA) is 78.3 Å². The molecule has 4 aromatic rings. The predicted molar refractivity (Wildman–Crippen MR) is 121 cm³/mol. The first kappa shape index (κ1) is 20.2. The summed E-state index contributed by atoms with van der Waals surface area (Å²) in [7, 11) is 3.17. The Hall–Kier alpha value is -4.13. The van der Waals surface area contributed by atoms with Gasteiger partial charge in [-0.15, -0.1) is 0 Å². The van der Waals surface area contributed by atoms with Gasteiger partial charge < -0.3 is 14.8 Å². The van der Waals surface area contributed by atoms with Crippen LogP contribution in [0.2, 0.25) is 0 Å². The zero-order chi connectivity index (χ0) is 21.8. The number of fused-ring (bicyclic) bond motifs is 1. The average Bonchev–Trinajstić information content (AvgIpc) is 3.14. The molecule has 2 aromatic carbocycles. The zero-order valence-electron chi connectivity index (χ0n) is 17.5. The smallest absolute Gasteiger partial charge is 0.248 e. The molecule has 0 radical (unpaired) electrons. The third-order valence-electron chi connectivity index (χ3n) is 4.83. The molecule has 7 heteroatoms. The molecular weight excluding hydrogens is 392 g/mol. The lowest BCUT2D eigenvalue weighted by atomic mass is 10.1. The molecule has 4 rings (SSSR count). The number of nitrogens with zero attached hydrogens (tertiary/aromatic N) is 3. The highest BCUT2D eigenvalue weighted by molar-refractivity contribution is 6.03. The first-order chi connectivity index (χ1) is 15.1. The minimum absolute atomic E-state index is 0.271. The van der Waals surface area contributed by atoms with Crippen molar-refractivity contribution in [1.29, 1.82) is 0 Å². The van der Waals surface area contributed by atoms with Crippen LogP contribution < -0.4 is 14.8 Å². The third-order valence-corrected chi connectivity index (χ3v) is 4.83. The van der Waals surface area contributed by atoms with Crippen molar-refractivity contribution in [3.63, 3.8) is 0 Å². The Bertz CT molecular complexity index is 1260. The zero-order valence-corrected chi connectivity index (χ0v) is 17.5. The number of para-hydroxylation sites is 1. The van der Waals surface area contributed by atoms with Crippen molar-refractivity contribution in [1.82, 2.24) is 14.8 Å². The molecule has 2 heterocycles. The largest absolute Gasteiger partial charge is 0.497 e. The second-order valence-corrected chi connectivity index (χ2v) is 6.86. The molecule has 0 spiro atoms. The van der Waals surface area contributed by atoms with E-state index in [4.69, 9.17) is 9.47 Å². The molecule has 0 bridgehead atoms. The first-order valence-electron chi connectivity index (χ1n) is 9.71. The summed E-state index contributed by atoms with van der Waals surface area (Å²) in [5.41, 5.74) is 3.87. The first-order valence-corrected chi connectivity index (χ1v) is 9.71. The summed E-state index contributed by atoms with van der Waals surface area (Å²) < 4.78 is 12.3. The van der Waals surface area contributed by atoms with Gasteiger partial charge in [0.2, 0.25) is 5.91 Å². The van der Waals surface area contributed by atoms with Gasteiger partial charge in [-0.1, -0.05) is 18.2 Å². The monoisotopic (exact) mass is 414 g/mol. The van der Waals surface area contributed by atoms with Crippen molar-refractivity contribution in [2.24, 2.45) is 0 Å². The fourth-order valence-electron chi connectivity index (χ4n) is 3.27. The van der Waals surface area contributed by atoms with Crippen LogP contribution in [0.4, 0.5) is 5.69 Å². The molecule has 0 saturated carbocycles. The lowest BCUT2D eigenvalue weighted by molar-refractivity contribution is -0.111. The summed E-state index contributed by atoms with van der Waals surface area (Å²) in [6, 6.07) is 17.1. The van der Waals surface area contributed by atoms with Crippen molar-refractivity contribution in [2.75, 3.05) is 19.5 Å². The number of ether oxygens (including phenoxy) is 2. The van der Waals surface area contributed by atoms with Gasteiger partial charge in [0.05, 0.1) is 37.5 Å². The van der Waals surface area contributed by atoms with Crippen LogP contribution in [0.1, 0.15) is 11.3 Å². The molecule has 0 atom stereocenters. The molecule has 0 saturated heterocycles. The number of carbonyl (C=O) groups excluding carboxylic acids is 1. The van der Waals surface area contributed by atoms with E-state index < -0.39 is 0 Å². The van der Waals surface area contributed by atoms with Crippen molar-refractivity contribution in [2.45, 2.75) is 6.92 Å². The Labute approximate surface area is 179 Å². The van der Waals surface area contributed by atoms with Crippen molar-refractivity contribution in [3.8, 4) is 17.2 Å². The van der Waals surface area contributed by atoms with E-state index in [9.17, 15) is 4.79 Å². The van der Waals surface area contributed by atoms with Gasteiger partial charge in [0, 0.05) is 23.1 Å². The maximum Gasteiger partial charge on any atom is 0.248 e. The molecule has 1 amide bonds. The van der Waals surface area contributed by atoms with Crippen LogP contribution >= 0.6 is 0 Å². The lowest BCUT2D eigenvalue weighted by Crippen LogP contribution is -2.08. The molecule has 31 heavy (non-hydrogen) atoms. The number of aromatic nitrogens is 3. The molecule has 0 fully saturated rings. The number of anilines is 1. The van der Waals surface area contributed by atoms with Gasteiger partial charge >= 0.3 is 0 Å². The van der Waals surface area contributed by atoms with Gasteiger partial charge in [0.1, 0.15) is 11.5 Å². The van der Waals surface area contributed by atoms with Crippen LogP contribution in [0.3, 0.4) is 0 Å². The van der Waals surface area contributed by atoms with Gasteiger partial charge in [-0.05, 0) is 43.3 Å². The van der Waals surface area contributed by atoms with Crippen LogP contribution in [0.15, 0.2) is 66.9 Å². The number of hydrogen-bond acceptors (Lipinski definition) is 5. The average molecular weight is 414 g/mol. The fourth-order valence-corrected chi connectivity index (χ4v) is 3.27. The number of carbonyl (C=O) groups is 1. The van der Waals surface area contributed by atoms with Gasteiger partial charge in [-0.25, -0.2) is 9.67 Å². The van der Waals surface area contributed by atoms with Gasteiger partial charge in [0.25, 0.3) is 0 Å². The van der Waals surface area contributed by atoms with Crippen LogP contribution in [0.25, 0.3) is 22.8 Å². The number of benzene rings is 2. The van der Waals surface area contributed by atoms with E-state index in [-0.39, 0.29) is 5.91 Å². The minimum Gasteiger partial charge on any atom is -0.497 e. The van der Waals surface area contributed by atoms with Crippen molar-refractivity contribution >= 4 is 28.7 Å². The predicted octanol–water partition coefficient (Wildman–Crippen LogP) is 4.40.